The topological polar surface area (TPSA) is 96.0 Å². The molecule has 1 spiro atoms. The highest BCUT2D eigenvalue weighted by Gasteiger charge is 2.56. The minimum Gasteiger partial charge on any atom is -0.451 e. The molecule has 1 aliphatic carbocycles. The number of hydrogen-bond acceptors (Lipinski definition) is 5. The minimum atomic E-state index is -1.18. The van der Waals surface area contributed by atoms with Gasteiger partial charge in [0.05, 0.1) is 0 Å². The quantitative estimate of drug-likeness (QED) is 0.585. The van der Waals surface area contributed by atoms with E-state index < -0.39 is 41.9 Å². The van der Waals surface area contributed by atoms with E-state index in [1.165, 1.54) is 30.0 Å². The molecule has 0 bridgehead atoms. The third kappa shape index (κ3) is 4.01. The van der Waals surface area contributed by atoms with Crippen molar-refractivity contribution in [3.8, 4) is 0 Å². The lowest BCUT2D eigenvalue weighted by atomic mass is 9.81. The van der Waals surface area contributed by atoms with Crippen molar-refractivity contribution in [2.45, 2.75) is 57.6 Å². The fourth-order valence-corrected chi connectivity index (χ4v) is 4.00. The number of aryl methyl sites for hydroxylation is 1. The van der Waals surface area contributed by atoms with Crippen molar-refractivity contribution in [1.29, 1.82) is 0 Å². The van der Waals surface area contributed by atoms with E-state index in [1.54, 1.807) is 14.0 Å². The van der Waals surface area contributed by atoms with Crippen LogP contribution in [0, 0.1) is 12.7 Å². The van der Waals surface area contributed by atoms with Gasteiger partial charge in [0.1, 0.15) is 17.9 Å². The number of urea groups is 1. The van der Waals surface area contributed by atoms with Crippen LogP contribution in [0.2, 0.25) is 0 Å². The Labute approximate surface area is 174 Å². The van der Waals surface area contributed by atoms with E-state index in [9.17, 15) is 23.6 Å². The maximum absolute atomic E-state index is 13.6. The van der Waals surface area contributed by atoms with E-state index in [4.69, 9.17) is 4.74 Å². The van der Waals surface area contributed by atoms with E-state index in [0.29, 0.717) is 18.4 Å². The molecular formula is C21H26FN3O5. The molecule has 2 aliphatic rings. The molecule has 30 heavy (non-hydrogen) atoms. The van der Waals surface area contributed by atoms with Crippen LogP contribution in [0.3, 0.4) is 0 Å². The van der Waals surface area contributed by atoms with Crippen LogP contribution in [0.5, 0.6) is 0 Å². The summed E-state index contributed by atoms with van der Waals surface area (Å²) >= 11 is 0. The summed E-state index contributed by atoms with van der Waals surface area (Å²) in [6.07, 6.45) is 2.67. The molecule has 1 aliphatic heterocycles. The molecular weight excluding hydrogens is 393 g/mol. The highest BCUT2D eigenvalue weighted by molar-refractivity contribution is 6.08. The zero-order valence-electron chi connectivity index (χ0n) is 17.4. The smallest absolute Gasteiger partial charge is 0.327 e. The summed E-state index contributed by atoms with van der Waals surface area (Å²) in [5, 5.41) is 2.47. The van der Waals surface area contributed by atoms with Crippen molar-refractivity contribution >= 4 is 29.5 Å². The van der Waals surface area contributed by atoms with Crippen LogP contribution in [-0.4, -0.2) is 58.8 Å². The fraction of sp³-hybridized carbons (Fsp3) is 0.524. The summed E-state index contributed by atoms with van der Waals surface area (Å²) in [6.45, 7) is 2.40. The van der Waals surface area contributed by atoms with Gasteiger partial charge in [-0.25, -0.2) is 9.18 Å². The summed E-state index contributed by atoms with van der Waals surface area (Å²) in [5.74, 6) is -2.37. The molecule has 9 heteroatoms. The number of benzene rings is 1. The van der Waals surface area contributed by atoms with Crippen molar-refractivity contribution in [2.75, 3.05) is 18.9 Å². The third-order valence-corrected chi connectivity index (χ3v) is 5.89. The van der Waals surface area contributed by atoms with E-state index >= 15 is 0 Å². The zero-order chi connectivity index (χ0) is 22.1. The van der Waals surface area contributed by atoms with Gasteiger partial charge in [-0.15, -0.1) is 0 Å². The molecule has 1 saturated heterocycles. The number of esters is 1. The number of carbonyl (C=O) groups is 4. The molecule has 1 N–H and O–H groups in total. The Morgan fingerprint density at radius 1 is 1.23 bits per heavy atom. The number of likely N-dealkylation sites (N-methyl/N-ethyl adjacent to an activating group) is 1. The van der Waals surface area contributed by atoms with Gasteiger partial charge in [-0.05, 0) is 44.4 Å². The highest BCUT2D eigenvalue weighted by Crippen LogP contribution is 2.39. The molecule has 2 fully saturated rings. The number of imide groups is 1. The van der Waals surface area contributed by atoms with Crippen LogP contribution in [-0.2, 0) is 19.1 Å². The van der Waals surface area contributed by atoms with Crippen molar-refractivity contribution in [1.82, 2.24) is 9.80 Å². The lowest BCUT2D eigenvalue weighted by molar-refractivity contribution is -0.155. The highest BCUT2D eigenvalue weighted by atomic mass is 19.1. The summed E-state index contributed by atoms with van der Waals surface area (Å²) in [6, 6.07) is 3.68. The standard InChI is InChI=1S/C21H26FN3O5/c1-13-7-8-15(11-16(13)22)23-18(27)14(2)30-17(26)12-25-19(28)21(24(3)20(25)29)9-5-4-6-10-21/h7-8,11,14H,4-6,9-10,12H2,1-3H3,(H,23,27)/t14-/m0/s1. The maximum Gasteiger partial charge on any atom is 0.327 e. The molecule has 1 heterocycles. The van der Waals surface area contributed by atoms with Crippen LogP contribution in [0.4, 0.5) is 14.9 Å². The third-order valence-electron chi connectivity index (χ3n) is 5.89. The second-order valence-electron chi connectivity index (χ2n) is 7.91. The van der Waals surface area contributed by atoms with E-state index in [1.807, 2.05) is 0 Å². The van der Waals surface area contributed by atoms with Gasteiger partial charge in [0, 0.05) is 12.7 Å². The molecule has 0 radical (unpaired) electrons. The maximum atomic E-state index is 13.6. The predicted molar refractivity (Wildman–Crippen MR) is 106 cm³/mol. The number of hydrogen-bond donors (Lipinski definition) is 1. The summed E-state index contributed by atoms with van der Waals surface area (Å²) in [7, 11) is 1.58. The van der Waals surface area contributed by atoms with Gasteiger partial charge in [-0.1, -0.05) is 25.3 Å². The van der Waals surface area contributed by atoms with E-state index in [-0.39, 0.29) is 11.6 Å². The van der Waals surface area contributed by atoms with Crippen LogP contribution >= 0.6 is 0 Å². The summed E-state index contributed by atoms with van der Waals surface area (Å²) in [5.41, 5.74) is -0.210. The van der Waals surface area contributed by atoms with Gasteiger partial charge in [-0.2, -0.15) is 0 Å². The number of amides is 4. The number of rotatable bonds is 5. The van der Waals surface area contributed by atoms with E-state index in [2.05, 4.69) is 5.32 Å². The van der Waals surface area contributed by atoms with Crippen LogP contribution < -0.4 is 5.32 Å². The Morgan fingerprint density at radius 2 is 1.90 bits per heavy atom. The molecule has 0 unspecified atom stereocenters. The fourth-order valence-electron chi connectivity index (χ4n) is 4.00. The van der Waals surface area contributed by atoms with Crippen LogP contribution in [0.15, 0.2) is 18.2 Å². The number of nitrogens with one attached hydrogen (secondary N) is 1. The average molecular weight is 419 g/mol. The second-order valence-corrected chi connectivity index (χ2v) is 7.91. The first-order valence-electron chi connectivity index (χ1n) is 10.0. The van der Waals surface area contributed by atoms with Crippen LogP contribution in [0.25, 0.3) is 0 Å². The molecule has 1 saturated carbocycles. The largest absolute Gasteiger partial charge is 0.451 e. The minimum absolute atomic E-state index is 0.233. The number of anilines is 1. The Kier molecular flexibility index (Phi) is 6.09. The Balaban J connectivity index is 1.59. The number of ether oxygens (including phenoxy) is 1. The van der Waals surface area contributed by atoms with E-state index in [0.717, 1.165) is 24.2 Å². The molecule has 8 nitrogen and oxygen atoms in total. The summed E-state index contributed by atoms with van der Waals surface area (Å²) < 4.78 is 18.7. The molecule has 1 aromatic rings. The first-order valence-corrected chi connectivity index (χ1v) is 10.0. The molecule has 1 aromatic carbocycles. The van der Waals surface area contributed by atoms with Gasteiger partial charge < -0.3 is 15.0 Å². The van der Waals surface area contributed by atoms with Crippen molar-refractivity contribution in [3.05, 3.63) is 29.6 Å². The molecule has 162 valence electrons. The van der Waals surface area contributed by atoms with Gasteiger partial charge in [0.2, 0.25) is 0 Å². The lowest BCUT2D eigenvalue weighted by Gasteiger charge is -2.35. The predicted octanol–water partition coefficient (Wildman–Crippen LogP) is 2.60. The Bertz CT molecular complexity index is 881. The first kappa shape index (κ1) is 21.7. The van der Waals surface area contributed by atoms with Crippen LogP contribution in [0.1, 0.15) is 44.6 Å². The molecule has 0 aromatic heterocycles. The average Bonchev–Trinajstić information content (AvgIpc) is 2.87. The number of nitrogens with zero attached hydrogens (tertiary/aromatic N) is 2. The van der Waals surface area contributed by atoms with Crippen molar-refractivity contribution in [2.24, 2.45) is 0 Å². The van der Waals surface area contributed by atoms with Crippen molar-refractivity contribution in [3.63, 3.8) is 0 Å². The van der Waals surface area contributed by atoms with Gasteiger partial charge in [0.15, 0.2) is 6.10 Å². The molecule has 3 rings (SSSR count). The Morgan fingerprint density at radius 3 is 2.53 bits per heavy atom. The van der Waals surface area contributed by atoms with Gasteiger partial charge in [0.25, 0.3) is 11.8 Å². The summed E-state index contributed by atoms with van der Waals surface area (Å²) in [4.78, 5) is 52.3. The SMILES string of the molecule is Cc1ccc(NC(=O)[C@H](C)OC(=O)CN2C(=O)N(C)C3(CCCCC3)C2=O)cc1F. The Hall–Kier alpha value is -2.97. The van der Waals surface area contributed by atoms with Gasteiger partial charge >= 0.3 is 12.0 Å². The molecule has 4 amide bonds. The normalized spacial score (nSPS) is 19.2. The first-order chi connectivity index (χ1) is 14.2. The lowest BCUT2D eigenvalue weighted by Crippen LogP contribution is -2.49. The zero-order valence-corrected chi connectivity index (χ0v) is 17.4. The number of halogens is 1. The monoisotopic (exact) mass is 419 g/mol. The van der Waals surface area contributed by atoms with Crippen molar-refractivity contribution < 1.29 is 28.3 Å². The number of carbonyl (C=O) groups excluding carboxylic acids is 4. The second kappa shape index (κ2) is 8.41. The van der Waals surface area contributed by atoms with Gasteiger partial charge in [-0.3, -0.25) is 19.3 Å². The molecule has 1 atom stereocenters.